The van der Waals surface area contributed by atoms with Gasteiger partial charge in [-0.25, -0.2) is 0 Å². The summed E-state index contributed by atoms with van der Waals surface area (Å²) >= 11 is 3.49. The third kappa shape index (κ3) is 2.05. The summed E-state index contributed by atoms with van der Waals surface area (Å²) in [5, 5.41) is 0. The van der Waals surface area contributed by atoms with Crippen molar-refractivity contribution in [2.24, 2.45) is 0 Å². The largest absolute Gasteiger partial charge is 0.0722 e. The number of benzene rings is 1. The van der Waals surface area contributed by atoms with Gasteiger partial charge >= 0.3 is 0 Å². The van der Waals surface area contributed by atoms with Crippen molar-refractivity contribution in [3.8, 4) is 0 Å². The minimum atomic E-state index is 0.210. The lowest BCUT2D eigenvalue weighted by Crippen LogP contribution is -2.13. The highest BCUT2D eigenvalue weighted by atomic mass is 79.9. The highest BCUT2D eigenvalue weighted by molar-refractivity contribution is 9.50. The van der Waals surface area contributed by atoms with Gasteiger partial charge < -0.3 is 0 Å². The molecule has 0 amide bonds. The van der Waals surface area contributed by atoms with Gasteiger partial charge in [0.15, 0.2) is 0 Å². The van der Waals surface area contributed by atoms with E-state index in [4.69, 9.17) is 0 Å². The van der Waals surface area contributed by atoms with Gasteiger partial charge in [-0.1, -0.05) is 47.5 Å². The molecule has 0 aliphatic rings. The summed E-state index contributed by atoms with van der Waals surface area (Å²) in [5.74, 6) is 0. The van der Waals surface area contributed by atoms with Crippen LogP contribution in [0.2, 0.25) is 0 Å². The van der Waals surface area contributed by atoms with E-state index in [1.807, 2.05) is 0 Å². The standard InChI is InChI=1S/C10H13BrS/c1-3-10(2,12-11)9-7-5-4-6-8-9/h4-8H,3H2,1-2H3. The maximum atomic E-state index is 3.49. The van der Waals surface area contributed by atoms with Crippen LogP contribution in [-0.2, 0) is 4.75 Å². The van der Waals surface area contributed by atoms with Crippen molar-refractivity contribution in [1.29, 1.82) is 0 Å². The van der Waals surface area contributed by atoms with Crippen molar-refractivity contribution in [3.63, 3.8) is 0 Å². The Morgan fingerprint density at radius 1 is 1.33 bits per heavy atom. The second-order valence-electron chi connectivity index (χ2n) is 3.03. The van der Waals surface area contributed by atoms with Gasteiger partial charge in [0.2, 0.25) is 0 Å². The second kappa shape index (κ2) is 4.33. The van der Waals surface area contributed by atoms with Crippen LogP contribution < -0.4 is 0 Å². The molecule has 0 bridgehead atoms. The maximum absolute atomic E-state index is 3.49. The molecule has 2 heteroatoms. The Labute approximate surface area is 86.0 Å². The molecule has 0 fully saturated rings. The van der Waals surface area contributed by atoms with Crippen LogP contribution in [0.1, 0.15) is 25.8 Å². The Bertz CT molecular complexity index is 229. The molecule has 12 heavy (non-hydrogen) atoms. The zero-order chi connectivity index (χ0) is 9.03. The fraction of sp³-hybridized carbons (Fsp3) is 0.400. The van der Waals surface area contributed by atoms with Crippen molar-refractivity contribution in [2.75, 3.05) is 0 Å². The molecule has 0 saturated heterocycles. The molecular weight excluding hydrogens is 232 g/mol. The monoisotopic (exact) mass is 244 g/mol. The van der Waals surface area contributed by atoms with Gasteiger partial charge in [-0.15, -0.1) is 0 Å². The fourth-order valence-corrected chi connectivity index (χ4v) is 2.68. The zero-order valence-electron chi connectivity index (χ0n) is 7.38. The smallest absolute Gasteiger partial charge is 0.0486 e. The van der Waals surface area contributed by atoms with Crippen LogP contribution in [0.4, 0.5) is 0 Å². The normalized spacial score (nSPS) is 15.6. The quantitative estimate of drug-likeness (QED) is 0.762. The summed E-state index contributed by atoms with van der Waals surface area (Å²) in [6.07, 6.45) is 1.13. The van der Waals surface area contributed by atoms with Gasteiger partial charge in [0.25, 0.3) is 0 Å². The Morgan fingerprint density at radius 3 is 2.33 bits per heavy atom. The van der Waals surface area contributed by atoms with Gasteiger partial charge in [-0.05, 0) is 33.7 Å². The van der Waals surface area contributed by atoms with E-state index >= 15 is 0 Å². The van der Waals surface area contributed by atoms with Crippen LogP contribution in [0.5, 0.6) is 0 Å². The van der Waals surface area contributed by atoms with Crippen LogP contribution in [0.3, 0.4) is 0 Å². The Balaban J connectivity index is 2.95. The summed E-state index contributed by atoms with van der Waals surface area (Å²) in [6.45, 7) is 4.46. The van der Waals surface area contributed by atoms with E-state index in [0.29, 0.717) is 0 Å². The molecule has 0 N–H and O–H groups in total. The summed E-state index contributed by atoms with van der Waals surface area (Å²) in [4.78, 5) is 0. The molecule has 66 valence electrons. The molecular formula is C10H13BrS. The van der Waals surface area contributed by atoms with E-state index in [1.165, 1.54) is 5.56 Å². The lowest BCUT2D eigenvalue weighted by Gasteiger charge is -2.24. The number of hydrogen-bond donors (Lipinski definition) is 0. The lowest BCUT2D eigenvalue weighted by atomic mass is 9.98. The predicted molar refractivity (Wildman–Crippen MR) is 60.6 cm³/mol. The molecule has 1 atom stereocenters. The third-order valence-corrected chi connectivity index (χ3v) is 5.24. The minimum Gasteiger partial charge on any atom is -0.0722 e. The fourth-order valence-electron chi connectivity index (χ4n) is 1.09. The molecule has 1 aromatic rings. The average molecular weight is 245 g/mol. The topological polar surface area (TPSA) is 0 Å². The van der Waals surface area contributed by atoms with Crippen molar-refractivity contribution >= 4 is 25.0 Å². The van der Waals surface area contributed by atoms with Gasteiger partial charge in [-0.2, -0.15) is 0 Å². The first-order valence-corrected chi connectivity index (χ1v) is 6.74. The van der Waals surface area contributed by atoms with E-state index in [1.54, 1.807) is 10.2 Å². The van der Waals surface area contributed by atoms with Gasteiger partial charge in [-0.3, -0.25) is 0 Å². The first-order valence-electron chi connectivity index (χ1n) is 4.08. The second-order valence-corrected chi connectivity index (χ2v) is 5.05. The molecule has 0 aromatic heterocycles. The van der Waals surface area contributed by atoms with E-state index in [0.717, 1.165) is 6.42 Å². The maximum Gasteiger partial charge on any atom is 0.0486 e. The molecule has 0 spiro atoms. The van der Waals surface area contributed by atoms with E-state index in [-0.39, 0.29) is 4.75 Å². The van der Waals surface area contributed by atoms with Gasteiger partial charge in [0, 0.05) is 4.75 Å². The highest BCUT2D eigenvalue weighted by Gasteiger charge is 2.23. The van der Waals surface area contributed by atoms with E-state index in [2.05, 4.69) is 59.0 Å². The zero-order valence-corrected chi connectivity index (χ0v) is 9.78. The first-order chi connectivity index (χ1) is 5.73. The third-order valence-electron chi connectivity index (χ3n) is 2.23. The van der Waals surface area contributed by atoms with E-state index < -0.39 is 0 Å². The number of hydrogen-bond acceptors (Lipinski definition) is 1. The summed E-state index contributed by atoms with van der Waals surface area (Å²) in [7, 11) is 1.74. The minimum absolute atomic E-state index is 0.210. The lowest BCUT2D eigenvalue weighted by molar-refractivity contribution is 0.670. The van der Waals surface area contributed by atoms with Gasteiger partial charge in [0.1, 0.15) is 0 Å². The molecule has 1 aromatic carbocycles. The first kappa shape index (κ1) is 10.1. The predicted octanol–water partition coefficient (Wildman–Crippen LogP) is 4.35. The summed E-state index contributed by atoms with van der Waals surface area (Å²) in [6, 6.07) is 10.6. The molecule has 0 aliphatic carbocycles. The van der Waals surface area contributed by atoms with Crippen molar-refractivity contribution < 1.29 is 0 Å². The Hall–Kier alpha value is 0.0500. The van der Waals surface area contributed by atoms with E-state index in [9.17, 15) is 0 Å². The summed E-state index contributed by atoms with van der Waals surface area (Å²) in [5.41, 5.74) is 1.38. The van der Waals surface area contributed by atoms with Crippen LogP contribution in [0.25, 0.3) is 0 Å². The average Bonchev–Trinajstić information content (AvgIpc) is 2.18. The molecule has 1 rings (SSSR count). The summed E-state index contributed by atoms with van der Waals surface area (Å²) < 4.78 is 0.210. The highest BCUT2D eigenvalue weighted by Crippen LogP contribution is 2.42. The molecule has 0 heterocycles. The van der Waals surface area contributed by atoms with Crippen molar-refractivity contribution in [1.82, 2.24) is 0 Å². The molecule has 0 nitrogen and oxygen atoms in total. The van der Waals surface area contributed by atoms with Crippen LogP contribution in [0.15, 0.2) is 30.3 Å². The Morgan fingerprint density at radius 2 is 1.92 bits per heavy atom. The Kier molecular flexibility index (Phi) is 3.66. The van der Waals surface area contributed by atoms with Crippen LogP contribution in [-0.4, -0.2) is 0 Å². The van der Waals surface area contributed by atoms with Gasteiger partial charge in [0.05, 0.1) is 0 Å². The molecule has 0 saturated carbocycles. The molecule has 0 radical (unpaired) electrons. The number of rotatable bonds is 3. The van der Waals surface area contributed by atoms with Crippen molar-refractivity contribution in [3.05, 3.63) is 35.9 Å². The van der Waals surface area contributed by atoms with Crippen LogP contribution >= 0.6 is 25.0 Å². The SMILES string of the molecule is CCC(C)(SBr)c1ccccc1. The molecule has 0 aliphatic heterocycles. The van der Waals surface area contributed by atoms with Crippen LogP contribution in [0, 0.1) is 0 Å². The molecule has 1 unspecified atom stereocenters. The van der Waals surface area contributed by atoms with Crippen molar-refractivity contribution in [2.45, 2.75) is 25.0 Å². The number of halogens is 1.